The summed E-state index contributed by atoms with van der Waals surface area (Å²) < 4.78 is 5.30. The molecule has 25 heavy (non-hydrogen) atoms. The normalized spacial score (nSPS) is 16.8. The third-order valence-corrected chi connectivity index (χ3v) is 4.61. The summed E-state index contributed by atoms with van der Waals surface area (Å²) in [4.78, 5) is 26.5. The molecule has 0 saturated carbocycles. The first-order valence-electron chi connectivity index (χ1n) is 7.69. The number of nitrogens with one attached hydrogen (secondary N) is 1. The standard InChI is InChI=1S/C18H16Cl2N2O3/c1-25-16-5-3-2-4-15(16)22-10-11(8-17(22)23)18(24)21-14-7-6-12(19)9-13(14)20/h2-7,9,11H,8,10H2,1H3,(H,21,24)/t11-/m0/s1. The molecule has 1 heterocycles. The van der Waals surface area contributed by atoms with Crippen LogP contribution in [0.3, 0.4) is 0 Å². The van der Waals surface area contributed by atoms with Crippen LogP contribution in [0.25, 0.3) is 0 Å². The summed E-state index contributed by atoms with van der Waals surface area (Å²) in [6, 6.07) is 12.1. The van der Waals surface area contributed by atoms with Gasteiger partial charge in [0.1, 0.15) is 5.75 Å². The van der Waals surface area contributed by atoms with Crippen molar-refractivity contribution in [3.05, 3.63) is 52.5 Å². The summed E-state index contributed by atoms with van der Waals surface area (Å²) in [7, 11) is 1.55. The molecule has 0 bridgehead atoms. The van der Waals surface area contributed by atoms with Gasteiger partial charge in [0.2, 0.25) is 11.8 Å². The van der Waals surface area contributed by atoms with Gasteiger partial charge in [0.05, 0.1) is 29.4 Å². The number of halogens is 2. The molecule has 1 atom stereocenters. The molecule has 0 radical (unpaired) electrons. The SMILES string of the molecule is COc1ccccc1N1C[C@@H](C(=O)Nc2ccc(Cl)cc2Cl)CC1=O. The molecule has 2 amide bonds. The molecule has 1 aliphatic rings. The van der Waals surface area contributed by atoms with Crippen molar-refractivity contribution in [3.8, 4) is 5.75 Å². The summed E-state index contributed by atoms with van der Waals surface area (Å²) in [5.41, 5.74) is 1.13. The van der Waals surface area contributed by atoms with Crippen LogP contribution in [0.5, 0.6) is 5.75 Å². The van der Waals surface area contributed by atoms with Crippen LogP contribution in [-0.4, -0.2) is 25.5 Å². The van der Waals surface area contributed by atoms with Crippen LogP contribution in [0.1, 0.15) is 6.42 Å². The molecule has 2 aromatic carbocycles. The van der Waals surface area contributed by atoms with Crippen molar-refractivity contribution >= 4 is 46.4 Å². The van der Waals surface area contributed by atoms with Crippen molar-refractivity contribution < 1.29 is 14.3 Å². The molecule has 3 rings (SSSR count). The van der Waals surface area contributed by atoms with E-state index in [9.17, 15) is 9.59 Å². The van der Waals surface area contributed by atoms with Gasteiger partial charge in [-0.25, -0.2) is 0 Å². The Bertz CT molecular complexity index is 826. The van der Waals surface area contributed by atoms with Crippen molar-refractivity contribution in [1.82, 2.24) is 0 Å². The highest BCUT2D eigenvalue weighted by Gasteiger charge is 2.36. The van der Waals surface area contributed by atoms with Crippen molar-refractivity contribution in [2.24, 2.45) is 5.92 Å². The second-order valence-corrected chi connectivity index (χ2v) is 6.53. The third-order valence-electron chi connectivity index (χ3n) is 4.06. The average molecular weight is 379 g/mol. The summed E-state index contributed by atoms with van der Waals surface area (Å²) >= 11 is 11.9. The van der Waals surface area contributed by atoms with Crippen molar-refractivity contribution in [3.63, 3.8) is 0 Å². The first kappa shape index (κ1) is 17.6. The van der Waals surface area contributed by atoms with Gasteiger partial charge in [-0.2, -0.15) is 0 Å². The number of carbonyl (C=O) groups excluding carboxylic acids is 2. The number of carbonyl (C=O) groups is 2. The van der Waals surface area contributed by atoms with Crippen LogP contribution in [0.4, 0.5) is 11.4 Å². The summed E-state index contributed by atoms with van der Waals surface area (Å²) in [5, 5.41) is 3.60. The molecule has 130 valence electrons. The maximum atomic E-state index is 12.5. The first-order chi connectivity index (χ1) is 12.0. The fourth-order valence-electron chi connectivity index (χ4n) is 2.79. The zero-order valence-electron chi connectivity index (χ0n) is 13.5. The van der Waals surface area contributed by atoms with Crippen LogP contribution >= 0.6 is 23.2 Å². The average Bonchev–Trinajstić information content (AvgIpc) is 2.99. The van der Waals surface area contributed by atoms with E-state index in [4.69, 9.17) is 27.9 Å². The van der Waals surface area contributed by atoms with Gasteiger partial charge in [0, 0.05) is 18.0 Å². The number of nitrogens with zero attached hydrogens (tertiary/aromatic N) is 1. The predicted molar refractivity (Wildman–Crippen MR) is 98.5 cm³/mol. The van der Waals surface area contributed by atoms with Crippen LogP contribution in [0.2, 0.25) is 10.0 Å². The molecule has 0 spiro atoms. The molecule has 1 aliphatic heterocycles. The monoisotopic (exact) mass is 378 g/mol. The van der Waals surface area contributed by atoms with E-state index in [1.54, 1.807) is 42.3 Å². The Kier molecular flexibility index (Phi) is 5.16. The van der Waals surface area contributed by atoms with E-state index in [1.807, 2.05) is 12.1 Å². The van der Waals surface area contributed by atoms with E-state index in [2.05, 4.69) is 5.32 Å². The van der Waals surface area contributed by atoms with E-state index >= 15 is 0 Å². The molecular formula is C18H16Cl2N2O3. The predicted octanol–water partition coefficient (Wildman–Crippen LogP) is 3.99. The fraction of sp³-hybridized carbons (Fsp3) is 0.222. The molecule has 7 heteroatoms. The molecule has 1 saturated heterocycles. The van der Waals surface area contributed by atoms with Gasteiger partial charge < -0.3 is 15.0 Å². The second-order valence-electron chi connectivity index (χ2n) is 5.69. The topological polar surface area (TPSA) is 58.6 Å². The largest absolute Gasteiger partial charge is 0.495 e. The number of hydrogen-bond acceptors (Lipinski definition) is 3. The zero-order valence-corrected chi connectivity index (χ0v) is 15.0. The molecular weight excluding hydrogens is 363 g/mol. The molecule has 0 unspecified atom stereocenters. The molecule has 0 aromatic heterocycles. The zero-order chi connectivity index (χ0) is 18.0. The van der Waals surface area contributed by atoms with Crippen LogP contribution in [0.15, 0.2) is 42.5 Å². The van der Waals surface area contributed by atoms with Crippen LogP contribution < -0.4 is 15.0 Å². The van der Waals surface area contributed by atoms with Gasteiger partial charge in [-0.1, -0.05) is 35.3 Å². The molecule has 1 fully saturated rings. The van der Waals surface area contributed by atoms with Gasteiger partial charge in [-0.15, -0.1) is 0 Å². The smallest absolute Gasteiger partial charge is 0.229 e. The Balaban J connectivity index is 1.74. The quantitative estimate of drug-likeness (QED) is 0.874. The van der Waals surface area contributed by atoms with Gasteiger partial charge in [-0.05, 0) is 30.3 Å². The summed E-state index contributed by atoms with van der Waals surface area (Å²) in [6.45, 7) is 0.288. The molecule has 2 aromatic rings. The lowest BCUT2D eigenvalue weighted by molar-refractivity contribution is -0.122. The minimum absolute atomic E-state index is 0.119. The Morgan fingerprint density at radius 1 is 1.24 bits per heavy atom. The third kappa shape index (κ3) is 3.72. The Morgan fingerprint density at radius 3 is 2.72 bits per heavy atom. The van der Waals surface area contributed by atoms with E-state index in [1.165, 1.54) is 0 Å². The van der Waals surface area contributed by atoms with E-state index in [-0.39, 0.29) is 24.8 Å². The first-order valence-corrected chi connectivity index (χ1v) is 8.44. The minimum atomic E-state index is -0.468. The van der Waals surface area contributed by atoms with Crippen LogP contribution in [-0.2, 0) is 9.59 Å². The Morgan fingerprint density at radius 2 is 2.00 bits per heavy atom. The van der Waals surface area contributed by atoms with E-state index in [0.717, 1.165) is 0 Å². The number of hydrogen-bond donors (Lipinski definition) is 1. The van der Waals surface area contributed by atoms with Gasteiger partial charge >= 0.3 is 0 Å². The Hall–Kier alpha value is -2.24. The minimum Gasteiger partial charge on any atom is -0.495 e. The second kappa shape index (κ2) is 7.33. The lowest BCUT2D eigenvalue weighted by Gasteiger charge is -2.19. The lowest BCUT2D eigenvalue weighted by atomic mass is 10.1. The number of anilines is 2. The fourth-order valence-corrected chi connectivity index (χ4v) is 3.25. The molecule has 1 N–H and O–H groups in total. The van der Waals surface area contributed by atoms with Crippen molar-refractivity contribution in [2.75, 3.05) is 23.9 Å². The van der Waals surface area contributed by atoms with Crippen molar-refractivity contribution in [2.45, 2.75) is 6.42 Å². The van der Waals surface area contributed by atoms with Gasteiger partial charge in [0.15, 0.2) is 0 Å². The van der Waals surface area contributed by atoms with E-state index in [0.29, 0.717) is 27.2 Å². The van der Waals surface area contributed by atoms with Gasteiger partial charge in [0.25, 0.3) is 0 Å². The number of para-hydroxylation sites is 2. The highest BCUT2D eigenvalue weighted by molar-refractivity contribution is 6.36. The number of ether oxygens (including phenoxy) is 1. The van der Waals surface area contributed by atoms with Gasteiger partial charge in [-0.3, -0.25) is 9.59 Å². The van der Waals surface area contributed by atoms with Crippen LogP contribution in [0, 0.1) is 5.92 Å². The molecule has 0 aliphatic carbocycles. The lowest BCUT2D eigenvalue weighted by Crippen LogP contribution is -2.28. The number of benzene rings is 2. The highest BCUT2D eigenvalue weighted by atomic mass is 35.5. The molecule has 5 nitrogen and oxygen atoms in total. The maximum Gasteiger partial charge on any atom is 0.229 e. The summed E-state index contributed by atoms with van der Waals surface area (Å²) in [5.74, 6) is -0.247. The number of methoxy groups -OCH3 is 1. The maximum absolute atomic E-state index is 12.5. The van der Waals surface area contributed by atoms with Crippen molar-refractivity contribution in [1.29, 1.82) is 0 Å². The number of amides is 2. The highest BCUT2D eigenvalue weighted by Crippen LogP contribution is 2.33. The van der Waals surface area contributed by atoms with E-state index < -0.39 is 5.92 Å². The Labute approximate surface area is 155 Å². The number of rotatable bonds is 4. The summed E-state index contributed by atoms with van der Waals surface area (Å²) in [6.07, 6.45) is 0.134.